The molecule has 0 radical (unpaired) electrons. The van der Waals surface area contributed by atoms with Crippen LogP contribution in [0.2, 0.25) is 5.02 Å². The van der Waals surface area contributed by atoms with Crippen LogP contribution >= 0.6 is 11.6 Å². The maximum atomic E-state index is 12.7. The van der Waals surface area contributed by atoms with E-state index in [1.54, 1.807) is 31.1 Å². The van der Waals surface area contributed by atoms with Crippen molar-refractivity contribution in [3.8, 4) is 0 Å². The number of nitro groups is 2. The molecule has 0 heterocycles. The van der Waals surface area contributed by atoms with Gasteiger partial charge in [0.25, 0.3) is 17.3 Å². The molecule has 0 aromatic heterocycles. The van der Waals surface area contributed by atoms with Crippen LogP contribution in [0.15, 0.2) is 30.3 Å². The van der Waals surface area contributed by atoms with Crippen LogP contribution in [0.4, 0.5) is 22.7 Å². The third kappa shape index (κ3) is 3.89. The average molecular weight is 379 g/mol. The van der Waals surface area contributed by atoms with Crippen LogP contribution in [0, 0.1) is 27.2 Å². The number of anilines is 2. The molecular weight excluding hydrogens is 364 g/mol. The van der Waals surface area contributed by atoms with Crippen molar-refractivity contribution in [3.63, 3.8) is 0 Å². The molecule has 26 heavy (non-hydrogen) atoms. The van der Waals surface area contributed by atoms with Crippen molar-refractivity contribution in [3.05, 3.63) is 66.7 Å². The standard InChI is InChI=1S/C16H15ClN4O5/c1-9-12(7-11(20(23)24)8-15(9)21(25)26)16(22)18-13-6-10(17)4-5-14(13)19(2)3/h4-8H,1-3H3,(H,18,22). The van der Waals surface area contributed by atoms with E-state index < -0.39 is 27.1 Å². The summed E-state index contributed by atoms with van der Waals surface area (Å²) in [5.41, 5.74) is -0.127. The first-order valence-corrected chi connectivity index (χ1v) is 7.71. The van der Waals surface area contributed by atoms with Gasteiger partial charge in [-0.25, -0.2) is 0 Å². The lowest BCUT2D eigenvalue weighted by Gasteiger charge is -2.18. The molecule has 0 bridgehead atoms. The number of amides is 1. The summed E-state index contributed by atoms with van der Waals surface area (Å²) in [5.74, 6) is -0.709. The summed E-state index contributed by atoms with van der Waals surface area (Å²) in [6.07, 6.45) is 0. The number of carbonyl (C=O) groups is 1. The summed E-state index contributed by atoms with van der Waals surface area (Å²) >= 11 is 5.97. The third-order valence-corrected chi connectivity index (χ3v) is 3.94. The Hall–Kier alpha value is -3.20. The minimum Gasteiger partial charge on any atom is -0.376 e. The minimum absolute atomic E-state index is 0.0338. The Morgan fingerprint density at radius 2 is 1.77 bits per heavy atom. The van der Waals surface area contributed by atoms with E-state index in [1.165, 1.54) is 13.0 Å². The topological polar surface area (TPSA) is 119 Å². The van der Waals surface area contributed by atoms with Gasteiger partial charge in [-0.15, -0.1) is 0 Å². The Labute approximate surface area is 153 Å². The number of carbonyl (C=O) groups excluding carboxylic acids is 1. The second-order valence-corrected chi connectivity index (χ2v) is 6.10. The molecule has 10 heteroatoms. The summed E-state index contributed by atoms with van der Waals surface area (Å²) in [6, 6.07) is 6.71. The fourth-order valence-corrected chi connectivity index (χ4v) is 2.58. The number of nitrogens with zero attached hydrogens (tertiary/aromatic N) is 3. The number of nitro benzene ring substituents is 2. The number of nitrogens with one attached hydrogen (secondary N) is 1. The normalized spacial score (nSPS) is 10.3. The van der Waals surface area contributed by atoms with Crippen molar-refractivity contribution in [2.24, 2.45) is 0 Å². The third-order valence-electron chi connectivity index (χ3n) is 3.71. The highest BCUT2D eigenvalue weighted by atomic mass is 35.5. The second-order valence-electron chi connectivity index (χ2n) is 5.66. The molecule has 0 fully saturated rings. The van der Waals surface area contributed by atoms with Crippen LogP contribution < -0.4 is 10.2 Å². The van der Waals surface area contributed by atoms with E-state index in [0.29, 0.717) is 16.4 Å². The molecule has 0 aliphatic rings. The Morgan fingerprint density at radius 1 is 1.12 bits per heavy atom. The monoisotopic (exact) mass is 378 g/mol. The van der Waals surface area contributed by atoms with Gasteiger partial charge in [-0.05, 0) is 25.1 Å². The molecule has 0 aliphatic carbocycles. The zero-order chi connectivity index (χ0) is 19.6. The Balaban J connectivity index is 2.53. The molecule has 2 aromatic carbocycles. The zero-order valence-corrected chi connectivity index (χ0v) is 14.9. The van der Waals surface area contributed by atoms with Gasteiger partial charge in [0.05, 0.1) is 32.9 Å². The number of benzene rings is 2. The predicted molar refractivity (Wildman–Crippen MR) is 98.2 cm³/mol. The van der Waals surface area contributed by atoms with Gasteiger partial charge in [-0.3, -0.25) is 25.0 Å². The second kappa shape index (κ2) is 7.36. The summed E-state index contributed by atoms with van der Waals surface area (Å²) in [6.45, 7) is 1.36. The molecule has 0 aliphatic heterocycles. The molecular formula is C16H15ClN4O5. The van der Waals surface area contributed by atoms with Crippen LogP contribution in [-0.2, 0) is 0 Å². The van der Waals surface area contributed by atoms with Crippen LogP contribution in [0.5, 0.6) is 0 Å². The first-order valence-electron chi connectivity index (χ1n) is 7.33. The van der Waals surface area contributed by atoms with Crippen molar-refractivity contribution < 1.29 is 14.6 Å². The number of non-ortho nitro benzene ring substituents is 1. The molecule has 1 amide bonds. The molecule has 2 rings (SSSR count). The highest BCUT2D eigenvalue weighted by molar-refractivity contribution is 6.31. The molecule has 2 aromatic rings. The van der Waals surface area contributed by atoms with Gasteiger partial charge in [0.15, 0.2) is 0 Å². The average Bonchev–Trinajstić information content (AvgIpc) is 2.54. The quantitative estimate of drug-likeness (QED) is 0.624. The molecule has 0 saturated carbocycles. The SMILES string of the molecule is Cc1c(C(=O)Nc2cc(Cl)ccc2N(C)C)cc([N+](=O)[O-])cc1[N+](=O)[O-]. The van der Waals surface area contributed by atoms with Crippen molar-refractivity contribution in [2.75, 3.05) is 24.3 Å². The summed E-state index contributed by atoms with van der Waals surface area (Å²) in [5, 5.41) is 25.2. The van der Waals surface area contributed by atoms with Crippen molar-refractivity contribution in [1.82, 2.24) is 0 Å². The van der Waals surface area contributed by atoms with Gasteiger partial charge in [0.2, 0.25) is 0 Å². The lowest BCUT2D eigenvalue weighted by Crippen LogP contribution is -2.18. The van der Waals surface area contributed by atoms with Gasteiger partial charge < -0.3 is 10.2 Å². The van der Waals surface area contributed by atoms with Crippen LogP contribution in [0.25, 0.3) is 0 Å². The lowest BCUT2D eigenvalue weighted by molar-refractivity contribution is -0.394. The first-order chi connectivity index (χ1) is 12.1. The van der Waals surface area contributed by atoms with Crippen LogP contribution in [-0.4, -0.2) is 29.8 Å². The van der Waals surface area contributed by atoms with E-state index in [9.17, 15) is 25.0 Å². The number of hydrogen-bond donors (Lipinski definition) is 1. The van der Waals surface area contributed by atoms with Gasteiger partial charge in [-0.2, -0.15) is 0 Å². The van der Waals surface area contributed by atoms with E-state index in [1.807, 2.05) is 0 Å². The Kier molecular flexibility index (Phi) is 5.41. The maximum absolute atomic E-state index is 12.7. The fraction of sp³-hybridized carbons (Fsp3) is 0.188. The fourth-order valence-electron chi connectivity index (χ4n) is 2.40. The molecule has 1 N–H and O–H groups in total. The summed E-state index contributed by atoms with van der Waals surface area (Å²) < 4.78 is 0. The highest BCUT2D eigenvalue weighted by Crippen LogP contribution is 2.31. The summed E-state index contributed by atoms with van der Waals surface area (Å²) in [4.78, 5) is 35.0. The van der Waals surface area contributed by atoms with Crippen molar-refractivity contribution >= 4 is 40.3 Å². The maximum Gasteiger partial charge on any atom is 0.279 e. The Morgan fingerprint density at radius 3 is 2.31 bits per heavy atom. The van der Waals surface area contributed by atoms with Crippen LogP contribution in [0.1, 0.15) is 15.9 Å². The molecule has 9 nitrogen and oxygen atoms in total. The summed E-state index contributed by atoms with van der Waals surface area (Å²) in [7, 11) is 3.53. The molecule has 0 unspecified atom stereocenters. The number of hydrogen-bond acceptors (Lipinski definition) is 6. The van der Waals surface area contributed by atoms with E-state index in [0.717, 1.165) is 12.1 Å². The number of halogens is 1. The van der Waals surface area contributed by atoms with Gasteiger partial charge in [0, 0.05) is 30.7 Å². The predicted octanol–water partition coefficient (Wildman–Crippen LogP) is 3.78. The van der Waals surface area contributed by atoms with Gasteiger partial charge >= 0.3 is 0 Å². The minimum atomic E-state index is -0.784. The highest BCUT2D eigenvalue weighted by Gasteiger charge is 2.25. The first kappa shape index (κ1) is 19.1. The molecule has 136 valence electrons. The van der Waals surface area contributed by atoms with E-state index in [2.05, 4.69) is 5.32 Å². The van der Waals surface area contributed by atoms with Crippen molar-refractivity contribution in [2.45, 2.75) is 6.92 Å². The zero-order valence-electron chi connectivity index (χ0n) is 14.1. The van der Waals surface area contributed by atoms with E-state index in [4.69, 9.17) is 11.6 Å². The van der Waals surface area contributed by atoms with Crippen LogP contribution in [0.3, 0.4) is 0 Å². The van der Waals surface area contributed by atoms with Crippen molar-refractivity contribution in [1.29, 1.82) is 0 Å². The molecule has 0 spiro atoms. The molecule has 0 atom stereocenters. The lowest BCUT2D eigenvalue weighted by atomic mass is 10.0. The van der Waals surface area contributed by atoms with E-state index in [-0.39, 0.29) is 11.1 Å². The number of rotatable bonds is 5. The van der Waals surface area contributed by atoms with E-state index >= 15 is 0 Å². The van der Waals surface area contributed by atoms with Gasteiger partial charge in [0.1, 0.15) is 0 Å². The molecule has 0 saturated heterocycles. The van der Waals surface area contributed by atoms with Gasteiger partial charge in [-0.1, -0.05) is 11.6 Å². The largest absolute Gasteiger partial charge is 0.376 e. The smallest absolute Gasteiger partial charge is 0.279 e. The Bertz CT molecular complexity index is 914.